The first-order valence-corrected chi connectivity index (χ1v) is 12.7. The zero-order valence-electron chi connectivity index (χ0n) is 20.7. The van der Waals surface area contributed by atoms with Crippen LogP contribution in [0.3, 0.4) is 0 Å². The van der Waals surface area contributed by atoms with Crippen molar-refractivity contribution in [2.75, 3.05) is 23.3 Å². The number of benzene rings is 3. The molecule has 0 aromatic heterocycles. The van der Waals surface area contributed by atoms with Gasteiger partial charge in [0.15, 0.2) is 0 Å². The quantitative estimate of drug-likeness (QED) is 0.427. The predicted molar refractivity (Wildman–Crippen MR) is 143 cm³/mol. The fourth-order valence-electron chi connectivity index (χ4n) is 4.61. The molecule has 182 valence electrons. The number of anilines is 2. The van der Waals surface area contributed by atoms with Crippen LogP contribution in [0.2, 0.25) is 0 Å². The van der Waals surface area contributed by atoms with Crippen LogP contribution in [-0.4, -0.2) is 30.9 Å². The van der Waals surface area contributed by atoms with Crippen LogP contribution in [0.1, 0.15) is 66.9 Å². The number of carbonyl (C=O) groups excluding carboxylic acids is 2. The molecule has 1 aliphatic rings. The average molecular weight is 470 g/mol. The molecule has 0 saturated carbocycles. The molecule has 1 unspecified atom stereocenters. The van der Waals surface area contributed by atoms with E-state index in [4.69, 9.17) is 0 Å². The summed E-state index contributed by atoms with van der Waals surface area (Å²) in [7, 11) is 0. The lowest BCUT2D eigenvalue weighted by Gasteiger charge is -2.31. The normalized spacial score (nSPS) is 14.4. The van der Waals surface area contributed by atoms with E-state index >= 15 is 0 Å². The lowest BCUT2D eigenvalue weighted by Crippen LogP contribution is -2.35. The van der Waals surface area contributed by atoms with Gasteiger partial charge in [-0.05, 0) is 61.9 Å². The lowest BCUT2D eigenvalue weighted by molar-refractivity contribution is -0.116. The van der Waals surface area contributed by atoms with Crippen LogP contribution >= 0.6 is 0 Å². The Morgan fingerprint density at radius 3 is 2.03 bits per heavy atom. The number of nitrogens with zero attached hydrogens (tertiary/aromatic N) is 1. The molecule has 0 aliphatic carbocycles. The predicted octanol–water partition coefficient (Wildman–Crippen LogP) is 5.98. The topological polar surface area (TPSA) is 61.4 Å². The van der Waals surface area contributed by atoms with Gasteiger partial charge in [-0.3, -0.25) is 9.59 Å². The molecule has 5 nitrogen and oxygen atoms in total. The summed E-state index contributed by atoms with van der Waals surface area (Å²) in [5, 5.41) is 6.20. The summed E-state index contributed by atoms with van der Waals surface area (Å²) in [6, 6.07) is 25.4. The number of carbonyl (C=O) groups is 2. The zero-order valence-corrected chi connectivity index (χ0v) is 20.7. The number of hydrogen-bond acceptors (Lipinski definition) is 3. The summed E-state index contributed by atoms with van der Waals surface area (Å²) >= 11 is 0. The lowest BCUT2D eigenvalue weighted by atomic mass is 9.90. The standard InChI is InChI=1S/C30H35N3O2/c1-3-22(2)31-29(34)26-21-25(17-18-27(26)33-19-11-6-12-20-33)32-30(35)28(23-13-7-4-8-14-23)24-15-9-5-10-16-24/h4-5,7-10,13-18,21-22,28H,3,6,11-12,19-20H2,1-2H3,(H,31,34)(H,32,35). The molecule has 35 heavy (non-hydrogen) atoms. The first-order chi connectivity index (χ1) is 17.1. The van der Waals surface area contributed by atoms with E-state index in [1.165, 1.54) is 6.42 Å². The SMILES string of the molecule is CCC(C)NC(=O)c1cc(NC(=O)C(c2ccccc2)c2ccccc2)ccc1N1CCCCC1. The number of amides is 2. The summed E-state index contributed by atoms with van der Waals surface area (Å²) in [6.07, 6.45) is 4.33. The minimum atomic E-state index is -0.448. The Balaban J connectivity index is 1.65. The van der Waals surface area contributed by atoms with Crippen LogP contribution in [0.4, 0.5) is 11.4 Å². The van der Waals surface area contributed by atoms with Crippen LogP contribution in [-0.2, 0) is 4.79 Å². The van der Waals surface area contributed by atoms with Crippen LogP contribution in [0.25, 0.3) is 0 Å². The Hall–Kier alpha value is -3.60. The second-order valence-corrected chi connectivity index (χ2v) is 9.31. The molecule has 3 aromatic rings. The Morgan fingerprint density at radius 1 is 0.857 bits per heavy atom. The highest BCUT2D eigenvalue weighted by Crippen LogP contribution is 2.30. The van der Waals surface area contributed by atoms with Crippen molar-refractivity contribution in [2.24, 2.45) is 0 Å². The summed E-state index contributed by atoms with van der Waals surface area (Å²) in [5.41, 5.74) is 4.03. The van der Waals surface area contributed by atoms with Gasteiger partial charge in [-0.1, -0.05) is 67.6 Å². The van der Waals surface area contributed by atoms with E-state index in [0.717, 1.165) is 49.2 Å². The molecule has 2 N–H and O–H groups in total. The van der Waals surface area contributed by atoms with Crippen molar-refractivity contribution in [1.82, 2.24) is 5.32 Å². The maximum Gasteiger partial charge on any atom is 0.253 e. The molecule has 1 saturated heterocycles. The maximum absolute atomic E-state index is 13.6. The molecule has 0 bridgehead atoms. The highest BCUT2D eigenvalue weighted by atomic mass is 16.2. The second-order valence-electron chi connectivity index (χ2n) is 9.31. The van der Waals surface area contributed by atoms with Gasteiger partial charge >= 0.3 is 0 Å². The molecule has 5 heteroatoms. The number of piperidine rings is 1. The average Bonchev–Trinajstić information content (AvgIpc) is 2.90. The van der Waals surface area contributed by atoms with Crippen LogP contribution in [0, 0.1) is 0 Å². The monoisotopic (exact) mass is 469 g/mol. The third-order valence-electron chi connectivity index (χ3n) is 6.72. The molecular formula is C30H35N3O2. The number of hydrogen-bond donors (Lipinski definition) is 2. The van der Waals surface area contributed by atoms with Crippen LogP contribution in [0.15, 0.2) is 78.9 Å². The third-order valence-corrected chi connectivity index (χ3v) is 6.72. The van der Waals surface area contributed by atoms with Crippen molar-refractivity contribution in [3.63, 3.8) is 0 Å². The fraction of sp³-hybridized carbons (Fsp3) is 0.333. The Bertz CT molecular complexity index is 1090. The van der Waals surface area contributed by atoms with Gasteiger partial charge in [0.1, 0.15) is 0 Å². The number of rotatable bonds is 8. The molecule has 1 heterocycles. The smallest absolute Gasteiger partial charge is 0.253 e. The summed E-state index contributed by atoms with van der Waals surface area (Å²) in [6.45, 7) is 5.95. The molecule has 2 amide bonds. The third kappa shape index (κ3) is 6.10. The van der Waals surface area contributed by atoms with Crippen molar-refractivity contribution in [3.8, 4) is 0 Å². The second kappa shape index (κ2) is 11.7. The van der Waals surface area contributed by atoms with Crippen molar-refractivity contribution in [3.05, 3.63) is 95.6 Å². The minimum Gasteiger partial charge on any atom is -0.371 e. The van der Waals surface area contributed by atoms with Crippen molar-refractivity contribution in [1.29, 1.82) is 0 Å². The number of nitrogens with one attached hydrogen (secondary N) is 2. The van der Waals surface area contributed by atoms with E-state index < -0.39 is 5.92 Å². The summed E-state index contributed by atoms with van der Waals surface area (Å²) in [5.74, 6) is -0.670. The molecule has 4 rings (SSSR count). The van der Waals surface area contributed by atoms with Gasteiger partial charge < -0.3 is 15.5 Å². The van der Waals surface area contributed by atoms with E-state index in [1.54, 1.807) is 0 Å². The van der Waals surface area contributed by atoms with E-state index in [1.807, 2.05) is 85.8 Å². The van der Waals surface area contributed by atoms with Gasteiger partial charge in [-0.25, -0.2) is 0 Å². The molecule has 0 spiro atoms. The highest BCUT2D eigenvalue weighted by molar-refractivity contribution is 6.03. The zero-order chi connectivity index (χ0) is 24.6. The first-order valence-electron chi connectivity index (χ1n) is 12.7. The van der Waals surface area contributed by atoms with Gasteiger partial charge in [-0.15, -0.1) is 0 Å². The molecule has 1 fully saturated rings. The van der Waals surface area contributed by atoms with Gasteiger partial charge in [0.2, 0.25) is 5.91 Å². The largest absolute Gasteiger partial charge is 0.371 e. The Labute approximate surface area is 208 Å². The molecular weight excluding hydrogens is 434 g/mol. The molecule has 0 radical (unpaired) electrons. The maximum atomic E-state index is 13.6. The van der Waals surface area contributed by atoms with Crippen molar-refractivity contribution < 1.29 is 9.59 Å². The van der Waals surface area contributed by atoms with E-state index in [2.05, 4.69) is 22.5 Å². The molecule has 3 aromatic carbocycles. The summed E-state index contributed by atoms with van der Waals surface area (Å²) in [4.78, 5) is 29.1. The van der Waals surface area contributed by atoms with Crippen molar-refractivity contribution >= 4 is 23.2 Å². The van der Waals surface area contributed by atoms with Crippen LogP contribution < -0.4 is 15.5 Å². The first kappa shape index (κ1) is 24.5. The van der Waals surface area contributed by atoms with E-state index in [-0.39, 0.29) is 17.9 Å². The van der Waals surface area contributed by atoms with Gasteiger partial charge in [0, 0.05) is 30.5 Å². The fourth-order valence-corrected chi connectivity index (χ4v) is 4.61. The van der Waals surface area contributed by atoms with Gasteiger partial charge in [0.05, 0.1) is 11.5 Å². The minimum absolute atomic E-state index is 0.0792. The van der Waals surface area contributed by atoms with Crippen molar-refractivity contribution in [2.45, 2.75) is 51.5 Å². The Kier molecular flexibility index (Phi) is 8.19. The van der Waals surface area contributed by atoms with Gasteiger partial charge in [0.25, 0.3) is 5.91 Å². The molecule has 1 atom stereocenters. The summed E-state index contributed by atoms with van der Waals surface area (Å²) < 4.78 is 0. The van der Waals surface area contributed by atoms with E-state index in [9.17, 15) is 9.59 Å². The molecule has 1 aliphatic heterocycles. The Morgan fingerprint density at radius 2 is 1.46 bits per heavy atom. The van der Waals surface area contributed by atoms with Crippen LogP contribution in [0.5, 0.6) is 0 Å². The van der Waals surface area contributed by atoms with Gasteiger partial charge in [-0.2, -0.15) is 0 Å². The highest BCUT2D eigenvalue weighted by Gasteiger charge is 2.24. The van der Waals surface area contributed by atoms with E-state index in [0.29, 0.717) is 11.3 Å².